The van der Waals surface area contributed by atoms with E-state index in [1.54, 1.807) is 24.3 Å². The predicted octanol–water partition coefficient (Wildman–Crippen LogP) is 3.65. The summed E-state index contributed by atoms with van der Waals surface area (Å²) in [5, 5.41) is 0.928. The van der Waals surface area contributed by atoms with E-state index in [4.69, 9.17) is 11.6 Å². The Kier molecular flexibility index (Phi) is 5.03. The molecule has 0 aliphatic heterocycles. The molecule has 0 saturated carbocycles. The maximum absolute atomic E-state index is 13.1. The number of benzene rings is 2. The molecule has 146 valence electrons. The summed E-state index contributed by atoms with van der Waals surface area (Å²) in [7, 11) is 0. The van der Waals surface area contributed by atoms with Gasteiger partial charge in [-0.3, -0.25) is 13.9 Å². The third kappa shape index (κ3) is 3.47. The molecule has 0 unspecified atom stereocenters. The van der Waals surface area contributed by atoms with Crippen LogP contribution in [0.5, 0.6) is 0 Å². The Morgan fingerprint density at radius 2 is 1.72 bits per heavy atom. The van der Waals surface area contributed by atoms with Gasteiger partial charge in [0.05, 0.1) is 6.54 Å². The molecule has 0 bridgehead atoms. The molecule has 4 rings (SSSR count). The number of fused-ring (bicyclic) bond motifs is 1. The van der Waals surface area contributed by atoms with Gasteiger partial charge in [0.25, 0.3) is 5.56 Å². The molecular formula is C22H19ClN4O2. The lowest BCUT2D eigenvalue weighted by Crippen LogP contribution is -2.40. The van der Waals surface area contributed by atoms with E-state index in [0.717, 1.165) is 16.7 Å². The van der Waals surface area contributed by atoms with Gasteiger partial charge in [-0.1, -0.05) is 35.9 Å². The lowest BCUT2D eigenvalue weighted by Gasteiger charge is -2.13. The fourth-order valence-electron chi connectivity index (χ4n) is 3.32. The summed E-state index contributed by atoms with van der Waals surface area (Å²) in [5.41, 5.74) is 2.28. The highest BCUT2D eigenvalue weighted by Crippen LogP contribution is 2.19. The van der Waals surface area contributed by atoms with Crippen molar-refractivity contribution in [1.29, 1.82) is 0 Å². The summed E-state index contributed by atoms with van der Waals surface area (Å²) in [5.74, 6) is 0.437. The maximum atomic E-state index is 13.1. The van der Waals surface area contributed by atoms with Crippen molar-refractivity contribution < 1.29 is 0 Å². The van der Waals surface area contributed by atoms with Crippen LogP contribution in [0.2, 0.25) is 5.02 Å². The van der Waals surface area contributed by atoms with Crippen LogP contribution in [0.25, 0.3) is 22.4 Å². The topological polar surface area (TPSA) is 69.8 Å². The molecule has 6 nitrogen and oxygen atoms in total. The molecule has 29 heavy (non-hydrogen) atoms. The van der Waals surface area contributed by atoms with E-state index < -0.39 is 0 Å². The second-order valence-electron chi connectivity index (χ2n) is 6.78. The van der Waals surface area contributed by atoms with Crippen molar-refractivity contribution in [3.63, 3.8) is 0 Å². The van der Waals surface area contributed by atoms with Crippen molar-refractivity contribution in [3.05, 3.63) is 91.7 Å². The highest BCUT2D eigenvalue weighted by molar-refractivity contribution is 6.30. The zero-order valence-electron chi connectivity index (χ0n) is 16.1. The van der Waals surface area contributed by atoms with Crippen molar-refractivity contribution >= 4 is 22.6 Å². The van der Waals surface area contributed by atoms with Gasteiger partial charge in [-0.15, -0.1) is 0 Å². The van der Waals surface area contributed by atoms with Gasteiger partial charge >= 0.3 is 5.69 Å². The number of nitrogens with zero attached hydrogens (tertiary/aromatic N) is 4. The van der Waals surface area contributed by atoms with Crippen LogP contribution in [-0.2, 0) is 13.1 Å². The summed E-state index contributed by atoms with van der Waals surface area (Å²) in [6.07, 6.45) is 1.49. The normalized spacial score (nSPS) is 11.1. The van der Waals surface area contributed by atoms with Gasteiger partial charge in [-0.05, 0) is 49.2 Å². The van der Waals surface area contributed by atoms with E-state index in [1.807, 2.05) is 38.1 Å². The standard InChI is InChI=1S/C22H19ClN4O2/c1-3-26-20-18(12-24-19(25-20)15-8-10-17(23)11-9-15)21(28)27(22(26)29)13-16-7-5-4-6-14(16)2/h4-12H,3,13H2,1-2H3. The summed E-state index contributed by atoms with van der Waals surface area (Å²) >= 11 is 5.95. The van der Waals surface area contributed by atoms with E-state index >= 15 is 0 Å². The van der Waals surface area contributed by atoms with Gasteiger partial charge in [0.15, 0.2) is 11.5 Å². The average Bonchev–Trinajstić information content (AvgIpc) is 2.73. The van der Waals surface area contributed by atoms with Crippen LogP contribution in [0.4, 0.5) is 0 Å². The number of aromatic nitrogens is 4. The minimum Gasteiger partial charge on any atom is -0.277 e. The largest absolute Gasteiger partial charge is 0.332 e. The highest BCUT2D eigenvalue weighted by atomic mass is 35.5. The summed E-state index contributed by atoms with van der Waals surface area (Å²) in [4.78, 5) is 35.1. The number of halogens is 1. The summed E-state index contributed by atoms with van der Waals surface area (Å²) in [6.45, 7) is 4.41. The average molecular weight is 407 g/mol. The van der Waals surface area contributed by atoms with Gasteiger partial charge in [-0.25, -0.2) is 14.8 Å². The number of hydrogen-bond donors (Lipinski definition) is 0. The zero-order valence-corrected chi connectivity index (χ0v) is 16.8. The molecule has 0 amide bonds. The van der Waals surface area contributed by atoms with Crippen LogP contribution in [0, 0.1) is 6.92 Å². The molecule has 2 aromatic carbocycles. The first-order chi connectivity index (χ1) is 14.0. The summed E-state index contributed by atoms with van der Waals surface area (Å²) in [6, 6.07) is 14.8. The molecule has 4 aromatic rings. The van der Waals surface area contributed by atoms with Crippen molar-refractivity contribution in [3.8, 4) is 11.4 Å². The third-order valence-corrected chi connectivity index (χ3v) is 5.22. The first-order valence-corrected chi connectivity index (χ1v) is 9.68. The van der Waals surface area contributed by atoms with Crippen LogP contribution in [0.15, 0.2) is 64.3 Å². The van der Waals surface area contributed by atoms with Crippen LogP contribution < -0.4 is 11.2 Å². The van der Waals surface area contributed by atoms with Crippen molar-refractivity contribution in [2.24, 2.45) is 0 Å². The van der Waals surface area contributed by atoms with Gasteiger partial charge in [-0.2, -0.15) is 0 Å². The molecular weight excluding hydrogens is 388 g/mol. The highest BCUT2D eigenvalue weighted by Gasteiger charge is 2.16. The lowest BCUT2D eigenvalue weighted by molar-refractivity contribution is 0.617. The van der Waals surface area contributed by atoms with Crippen molar-refractivity contribution in [1.82, 2.24) is 19.1 Å². The van der Waals surface area contributed by atoms with E-state index in [0.29, 0.717) is 28.4 Å². The zero-order chi connectivity index (χ0) is 20.5. The Balaban J connectivity index is 1.92. The predicted molar refractivity (Wildman–Crippen MR) is 114 cm³/mol. The van der Waals surface area contributed by atoms with Crippen molar-refractivity contribution in [2.75, 3.05) is 0 Å². The number of rotatable bonds is 4. The van der Waals surface area contributed by atoms with Crippen LogP contribution in [0.1, 0.15) is 18.1 Å². The molecule has 2 heterocycles. The molecule has 0 radical (unpaired) electrons. The minimum absolute atomic E-state index is 0.208. The second-order valence-corrected chi connectivity index (χ2v) is 7.22. The Hall–Kier alpha value is -3.25. The Labute approximate surface area is 172 Å². The van der Waals surface area contributed by atoms with E-state index in [2.05, 4.69) is 9.97 Å². The molecule has 0 aliphatic rings. The quantitative estimate of drug-likeness (QED) is 0.518. The fraction of sp³-hybridized carbons (Fsp3) is 0.182. The minimum atomic E-state index is -0.388. The molecule has 7 heteroatoms. The van der Waals surface area contributed by atoms with Crippen LogP contribution in [-0.4, -0.2) is 19.1 Å². The number of aryl methyl sites for hydroxylation is 2. The van der Waals surface area contributed by atoms with Gasteiger partial charge in [0, 0.05) is 23.3 Å². The fourth-order valence-corrected chi connectivity index (χ4v) is 3.44. The molecule has 0 aliphatic carbocycles. The molecule has 2 aromatic heterocycles. The van der Waals surface area contributed by atoms with E-state index in [9.17, 15) is 9.59 Å². The Morgan fingerprint density at radius 3 is 2.41 bits per heavy atom. The Morgan fingerprint density at radius 1 is 1.00 bits per heavy atom. The monoisotopic (exact) mass is 406 g/mol. The van der Waals surface area contributed by atoms with Crippen LogP contribution >= 0.6 is 11.6 Å². The summed E-state index contributed by atoms with van der Waals surface area (Å²) < 4.78 is 2.76. The molecule has 0 spiro atoms. The van der Waals surface area contributed by atoms with Gasteiger partial charge in [0.2, 0.25) is 0 Å². The number of hydrogen-bond acceptors (Lipinski definition) is 4. The smallest absolute Gasteiger partial charge is 0.277 e. The Bertz CT molecular complexity index is 1320. The van der Waals surface area contributed by atoms with Crippen LogP contribution in [0.3, 0.4) is 0 Å². The molecule has 0 saturated heterocycles. The first-order valence-electron chi connectivity index (χ1n) is 9.30. The van der Waals surface area contributed by atoms with Crippen molar-refractivity contribution in [2.45, 2.75) is 26.9 Å². The van der Waals surface area contributed by atoms with E-state index in [-0.39, 0.29) is 17.8 Å². The molecule has 0 fully saturated rings. The third-order valence-electron chi connectivity index (χ3n) is 4.97. The first kappa shape index (κ1) is 19.1. The lowest BCUT2D eigenvalue weighted by atomic mass is 10.1. The SMILES string of the molecule is CCn1c(=O)n(Cc2ccccc2C)c(=O)c2cnc(-c3ccc(Cl)cc3)nc21. The second kappa shape index (κ2) is 7.64. The van der Waals surface area contributed by atoms with Gasteiger partial charge in [0.1, 0.15) is 5.39 Å². The maximum Gasteiger partial charge on any atom is 0.332 e. The molecule has 0 N–H and O–H groups in total. The van der Waals surface area contributed by atoms with E-state index in [1.165, 1.54) is 15.3 Å². The molecule has 0 atom stereocenters. The van der Waals surface area contributed by atoms with Gasteiger partial charge < -0.3 is 0 Å².